The molecule has 2 aromatic rings. The quantitative estimate of drug-likeness (QED) is 0.892. The summed E-state index contributed by atoms with van der Waals surface area (Å²) < 4.78 is 7.67. The molecule has 0 aromatic carbocycles. The van der Waals surface area contributed by atoms with Crippen LogP contribution in [0.4, 0.5) is 0 Å². The number of carboxylic acids is 1. The predicted molar refractivity (Wildman–Crippen MR) is 64.4 cm³/mol. The number of carbonyl (C=O) groups is 1. The lowest BCUT2D eigenvalue weighted by molar-refractivity contribution is 0.0690. The van der Waals surface area contributed by atoms with Gasteiger partial charge in [-0.1, -0.05) is 5.21 Å². The van der Waals surface area contributed by atoms with Crippen molar-refractivity contribution < 1.29 is 14.6 Å². The van der Waals surface area contributed by atoms with Crippen molar-refractivity contribution in [1.29, 1.82) is 0 Å². The zero-order valence-electron chi connectivity index (χ0n) is 9.15. The number of hydrogen-bond acceptors (Lipinski definition) is 5. The van der Waals surface area contributed by atoms with Crippen LogP contribution in [0.2, 0.25) is 0 Å². The minimum absolute atomic E-state index is 0.0841. The van der Waals surface area contributed by atoms with E-state index in [-0.39, 0.29) is 5.69 Å². The van der Waals surface area contributed by atoms with Gasteiger partial charge >= 0.3 is 5.97 Å². The third-order valence-corrected chi connectivity index (χ3v) is 2.46. The summed E-state index contributed by atoms with van der Waals surface area (Å²) in [6, 6.07) is 1.79. The summed E-state index contributed by atoms with van der Waals surface area (Å²) in [6.45, 7) is 0.757. The number of aromatic nitrogens is 4. The Morgan fingerprint density at radius 3 is 3.00 bits per heavy atom. The zero-order chi connectivity index (χ0) is 13.0. The van der Waals surface area contributed by atoms with E-state index in [1.807, 2.05) is 0 Å². The van der Waals surface area contributed by atoms with Crippen LogP contribution in [0, 0.1) is 0 Å². The topological polar surface area (TPSA) is 90.1 Å². The van der Waals surface area contributed by atoms with E-state index < -0.39 is 5.97 Å². The smallest absolute Gasteiger partial charge is 0.358 e. The van der Waals surface area contributed by atoms with Gasteiger partial charge in [-0.2, -0.15) is 0 Å². The first kappa shape index (κ1) is 12.5. The molecule has 1 N–H and O–H groups in total. The fraction of sp³-hybridized carbons (Fsp3) is 0.200. The van der Waals surface area contributed by atoms with Gasteiger partial charge in [0.05, 0.1) is 18.9 Å². The van der Waals surface area contributed by atoms with E-state index in [4.69, 9.17) is 9.84 Å². The summed E-state index contributed by atoms with van der Waals surface area (Å²) in [7, 11) is 0. The van der Waals surface area contributed by atoms with Gasteiger partial charge in [-0.05, 0) is 22.0 Å². The molecule has 0 saturated carbocycles. The first-order valence-corrected chi connectivity index (χ1v) is 5.81. The maximum absolute atomic E-state index is 10.6. The van der Waals surface area contributed by atoms with Gasteiger partial charge in [0.2, 0.25) is 0 Å². The summed E-state index contributed by atoms with van der Waals surface area (Å²) in [5, 5.41) is 15.8. The summed E-state index contributed by atoms with van der Waals surface area (Å²) in [6.07, 6.45) is 4.60. The van der Waals surface area contributed by atoms with Crippen LogP contribution in [0.1, 0.15) is 10.5 Å². The van der Waals surface area contributed by atoms with Crippen LogP contribution in [0.25, 0.3) is 0 Å². The second-order valence-electron chi connectivity index (χ2n) is 3.36. The molecule has 94 valence electrons. The molecule has 8 heteroatoms. The number of pyridine rings is 1. The molecular formula is C10H9BrN4O3. The molecule has 0 unspecified atom stereocenters. The SMILES string of the molecule is O=C(O)c1cn(CCOc2cncc(Br)c2)nn1. The Kier molecular flexibility index (Phi) is 3.88. The van der Waals surface area contributed by atoms with Gasteiger partial charge in [-0.3, -0.25) is 4.98 Å². The fourth-order valence-corrected chi connectivity index (χ4v) is 1.58. The second kappa shape index (κ2) is 5.58. The van der Waals surface area contributed by atoms with Gasteiger partial charge in [0.1, 0.15) is 12.4 Å². The maximum atomic E-state index is 10.6. The van der Waals surface area contributed by atoms with Gasteiger partial charge in [0.25, 0.3) is 0 Å². The Morgan fingerprint density at radius 1 is 1.50 bits per heavy atom. The molecule has 0 aliphatic heterocycles. The van der Waals surface area contributed by atoms with Crippen LogP contribution in [-0.4, -0.2) is 37.7 Å². The summed E-state index contributed by atoms with van der Waals surface area (Å²) >= 11 is 3.28. The zero-order valence-corrected chi connectivity index (χ0v) is 10.7. The number of rotatable bonds is 5. The summed E-state index contributed by atoms with van der Waals surface area (Å²) in [4.78, 5) is 14.5. The monoisotopic (exact) mass is 312 g/mol. The van der Waals surface area contributed by atoms with Crippen molar-refractivity contribution in [2.24, 2.45) is 0 Å². The molecule has 2 heterocycles. The first-order valence-electron chi connectivity index (χ1n) is 5.02. The standard InChI is InChI=1S/C10H9BrN4O3/c11-7-3-8(5-12-4-7)18-2-1-15-6-9(10(16)17)13-14-15/h3-6H,1-2H2,(H,16,17). The van der Waals surface area contributed by atoms with Crippen LogP contribution >= 0.6 is 15.9 Å². The number of hydrogen-bond donors (Lipinski definition) is 1. The second-order valence-corrected chi connectivity index (χ2v) is 4.28. The lowest BCUT2D eigenvalue weighted by Crippen LogP contribution is -2.09. The van der Waals surface area contributed by atoms with E-state index in [2.05, 4.69) is 31.2 Å². The lowest BCUT2D eigenvalue weighted by atomic mass is 10.4. The number of aromatic carboxylic acids is 1. The average Bonchev–Trinajstić information content (AvgIpc) is 2.78. The van der Waals surface area contributed by atoms with Crippen molar-refractivity contribution in [2.45, 2.75) is 6.54 Å². The molecule has 0 saturated heterocycles. The van der Waals surface area contributed by atoms with E-state index >= 15 is 0 Å². The van der Waals surface area contributed by atoms with Crippen molar-refractivity contribution in [3.63, 3.8) is 0 Å². The van der Waals surface area contributed by atoms with E-state index in [1.165, 1.54) is 10.9 Å². The summed E-state index contributed by atoms with van der Waals surface area (Å²) in [5.74, 6) is -0.471. The number of nitrogens with zero attached hydrogens (tertiary/aromatic N) is 4. The van der Waals surface area contributed by atoms with E-state index in [0.29, 0.717) is 18.9 Å². The van der Waals surface area contributed by atoms with Crippen molar-refractivity contribution in [1.82, 2.24) is 20.0 Å². The number of carboxylic acid groups (broad SMARTS) is 1. The van der Waals surface area contributed by atoms with Crippen molar-refractivity contribution in [2.75, 3.05) is 6.61 Å². The van der Waals surface area contributed by atoms with Crippen molar-refractivity contribution in [3.8, 4) is 5.75 Å². The molecule has 0 aliphatic carbocycles. The van der Waals surface area contributed by atoms with Gasteiger partial charge < -0.3 is 9.84 Å². The lowest BCUT2D eigenvalue weighted by Gasteiger charge is -2.05. The van der Waals surface area contributed by atoms with Crippen LogP contribution in [0.5, 0.6) is 5.75 Å². The highest BCUT2D eigenvalue weighted by Crippen LogP contribution is 2.15. The molecule has 0 atom stereocenters. The first-order chi connectivity index (χ1) is 8.65. The van der Waals surface area contributed by atoms with Gasteiger partial charge in [-0.15, -0.1) is 5.10 Å². The van der Waals surface area contributed by atoms with Crippen molar-refractivity contribution in [3.05, 3.63) is 34.8 Å². The Hall–Kier alpha value is -1.96. The normalized spacial score (nSPS) is 10.3. The fourth-order valence-electron chi connectivity index (χ4n) is 1.23. The molecule has 0 radical (unpaired) electrons. The Balaban J connectivity index is 1.86. The molecule has 0 aliphatic rings. The van der Waals surface area contributed by atoms with Crippen LogP contribution < -0.4 is 4.74 Å². The largest absolute Gasteiger partial charge is 0.490 e. The molecule has 2 aromatic heterocycles. The molecule has 0 bridgehead atoms. The highest BCUT2D eigenvalue weighted by molar-refractivity contribution is 9.10. The third kappa shape index (κ3) is 3.27. The summed E-state index contributed by atoms with van der Waals surface area (Å²) in [5.41, 5.74) is -0.0841. The van der Waals surface area contributed by atoms with Crippen LogP contribution in [-0.2, 0) is 6.54 Å². The van der Waals surface area contributed by atoms with Crippen LogP contribution in [0.15, 0.2) is 29.1 Å². The minimum Gasteiger partial charge on any atom is -0.490 e. The Bertz CT molecular complexity index is 558. The molecule has 2 rings (SSSR count). The minimum atomic E-state index is -1.10. The third-order valence-electron chi connectivity index (χ3n) is 2.03. The Labute approximate surface area is 111 Å². The average molecular weight is 313 g/mol. The van der Waals surface area contributed by atoms with Gasteiger partial charge in [-0.25, -0.2) is 9.48 Å². The maximum Gasteiger partial charge on any atom is 0.358 e. The number of ether oxygens (including phenoxy) is 1. The Morgan fingerprint density at radius 2 is 2.33 bits per heavy atom. The molecule has 0 amide bonds. The van der Waals surface area contributed by atoms with E-state index in [0.717, 1.165) is 4.47 Å². The van der Waals surface area contributed by atoms with Crippen molar-refractivity contribution >= 4 is 21.9 Å². The highest BCUT2D eigenvalue weighted by atomic mass is 79.9. The highest BCUT2D eigenvalue weighted by Gasteiger charge is 2.07. The molecular weight excluding hydrogens is 304 g/mol. The molecule has 18 heavy (non-hydrogen) atoms. The number of halogens is 1. The predicted octanol–water partition coefficient (Wildman–Crippen LogP) is 1.21. The van der Waals surface area contributed by atoms with Crippen LogP contribution in [0.3, 0.4) is 0 Å². The van der Waals surface area contributed by atoms with E-state index in [9.17, 15) is 4.79 Å². The van der Waals surface area contributed by atoms with Gasteiger partial charge in [0.15, 0.2) is 5.69 Å². The van der Waals surface area contributed by atoms with E-state index in [1.54, 1.807) is 18.5 Å². The molecule has 0 fully saturated rings. The molecule has 0 spiro atoms. The van der Waals surface area contributed by atoms with Gasteiger partial charge in [0, 0.05) is 10.7 Å². The molecule has 7 nitrogen and oxygen atoms in total.